The van der Waals surface area contributed by atoms with Crippen molar-refractivity contribution in [3.63, 3.8) is 0 Å². The lowest BCUT2D eigenvalue weighted by atomic mass is 10.3. The molecule has 10 heteroatoms. The molecule has 0 amide bonds. The summed E-state index contributed by atoms with van der Waals surface area (Å²) in [6.45, 7) is 0. The third-order valence-electron chi connectivity index (χ3n) is 1.46. The minimum atomic E-state index is -4.94. The Kier molecular flexibility index (Phi) is 4.15. The van der Waals surface area contributed by atoms with Crippen molar-refractivity contribution in [2.24, 2.45) is 0 Å². The van der Waals surface area contributed by atoms with Crippen molar-refractivity contribution in [3.05, 3.63) is 28.3 Å². The molecule has 0 radical (unpaired) electrons. The van der Waals surface area contributed by atoms with Gasteiger partial charge in [-0.2, -0.15) is 4.33 Å². The van der Waals surface area contributed by atoms with Gasteiger partial charge in [0.25, 0.3) is 5.69 Å². The fourth-order valence-corrected chi connectivity index (χ4v) is 1.30. The number of hydrogen-bond acceptors (Lipinski definition) is 6. The van der Waals surface area contributed by atoms with Crippen LogP contribution in [0.5, 0.6) is 0 Å². The lowest BCUT2D eigenvalue weighted by Crippen LogP contribution is -2.11. The number of halogens is 3. The molecule has 0 fully saturated rings. The summed E-state index contributed by atoms with van der Waals surface area (Å²) in [7, 11) is 0. The van der Waals surface area contributed by atoms with Crippen molar-refractivity contribution < 1.29 is 27.3 Å². The average molecular weight is 270 g/mol. The fraction of sp³-hybridized carbons (Fsp3) is 0.143. The van der Waals surface area contributed by atoms with Crippen LogP contribution >= 0.6 is 12.0 Å². The van der Waals surface area contributed by atoms with Crippen LogP contribution in [0, 0.1) is 10.1 Å². The largest absolute Gasteiger partial charge is 0.550 e. The summed E-state index contributed by atoms with van der Waals surface area (Å²) in [4.78, 5) is 12.8. The van der Waals surface area contributed by atoms with Crippen LogP contribution in [0.15, 0.2) is 23.1 Å². The van der Waals surface area contributed by atoms with Crippen LogP contribution in [0.3, 0.4) is 0 Å². The number of alkyl halides is 3. The molecule has 0 bridgehead atoms. The molecule has 1 rings (SSSR count). The highest BCUT2D eigenvalue weighted by Gasteiger charge is 2.31. The molecule has 0 aliphatic rings. The molecule has 0 aliphatic carbocycles. The first kappa shape index (κ1) is 13.5. The quantitative estimate of drug-likeness (QED) is 0.297. The zero-order chi connectivity index (χ0) is 13.1. The molecule has 0 unspecified atom stereocenters. The van der Waals surface area contributed by atoms with Crippen molar-refractivity contribution in [1.82, 2.24) is 0 Å². The highest BCUT2D eigenvalue weighted by atomic mass is 32.2. The van der Waals surface area contributed by atoms with Gasteiger partial charge < -0.3 is 5.73 Å². The molecule has 0 aromatic heterocycles. The van der Waals surface area contributed by atoms with E-state index in [0.717, 1.165) is 6.07 Å². The van der Waals surface area contributed by atoms with Gasteiger partial charge in [0.15, 0.2) is 0 Å². The molecule has 0 spiro atoms. The van der Waals surface area contributed by atoms with Gasteiger partial charge in [-0.25, -0.2) is 0 Å². The van der Waals surface area contributed by atoms with Crippen LogP contribution in [0.4, 0.5) is 24.5 Å². The highest BCUT2D eigenvalue weighted by molar-refractivity contribution is 7.94. The van der Waals surface area contributed by atoms with E-state index < -0.39 is 17.0 Å². The number of nitro groups is 1. The molecule has 6 nitrogen and oxygen atoms in total. The van der Waals surface area contributed by atoms with Gasteiger partial charge in [-0.3, -0.25) is 10.1 Å². The molecule has 17 heavy (non-hydrogen) atoms. The molecule has 1 aromatic rings. The van der Waals surface area contributed by atoms with Gasteiger partial charge in [0.1, 0.15) is 5.69 Å². The second-order valence-corrected chi connectivity index (χ2v) is 3.43. The average Bonchev–Trinajstić information content (AvgIpc) is 2.18. The number of nitrogens with zero attached hydrogens (tertiary/aromatic N) is 1. The molecule has 0 aliphatic heterocycles. The maximum atomic E-state index is 11.5. The monoisotopic (exact) mass is 270 g/mol. The van der Waals surface area contributed by atoms with E-state index >= 15 is 0 Å². The summed E-state index contributed by atoms with van der Waals surface area (Å²) in [6.07, 6.45) is -4.94. The third kappa shape index (κ3) is 4.46. The van der Waals surface area contributed by atoms with Crippen LogP contribution in [0.25, 0.3) is 0 Å². The molecule has 0 atom stereocenters. The summed E-state index contributed by atoms with van der Waals surface area (Å²) in [6, 6.07) is 3.41. The molecular formula is C7H5F3N2O4S. The van der Waals surface area contributed by atoms with Gasteiger partial charge in [-0.15, -0.1) is 18.1 Å². The van der Waals surface area contributed by atoms with Gasteiger partial charge >= 0.3 is 6.36 Å². The van der Waals surface area contributed by atoms with Gasteiger partial charge in [0.05, 0.1) is 17.0 Å². The predicted molar refractivity (Wildman–Crippen MR) is 51.6 cm³/mol. The number of nitrogen functional groups attached to an aromatic ring is 1. The van der Waals surface area contributed by atoms with Crippen LogP contribution in [0.2, 0.25) is 0 Å². The molecule has 0 heterocycles. The molecule has 0 saturated carbocycles. The van der Waals surface area contributed by atoms with E-state index in [1.165, 1.54) is 12.1 Å². The van der Waals surface area contributed by atoms with E-state index in [0.29, 0.717) is 0 Å². The Hall–Kier alpha value is -1.52. The molecule has 2 N–H and O–H groups in total. The predicted octanol–water partition coefficient (Wildman–Crippen LogP) is 2.65. The highest BCUT2D eigenvalue weighted by Crippen LogP contribution is 2.30. The minimum Gasteiger partial charge on any atom is -0.393 e. The number of benzene rings is 1. The number of hydrogen-bond donors (Lipinski definition) is 1. The SMILES string of the molecule is Nc1ccc(SOOC(F)(F)F)cc1[N+](=O)[O-]. The van der Waals surface area contributed by atoms with Crippen molar-refractivity contribution in [1.29, 1.82) is 0 Å². The van der Waals surface area contributed by atoms with Crippen LogP contribution < -0.4 is 5.73 Å². The standard InChI is InChI=1S/C7H5F3N2O4S/c8-7(9,10)15-16-17-4-1-2-5(11)6(3-4)12(13)14/h1-3H,11H2. The topological polar surface area (TPSA) is 87.6 Å². The van der Waals surface area contributed by atoms with E-state index in [9.17, 15) is 23.3 Å². The van der Waals surface area contributed by atoms with Crippen LogP contribution in [0.1, 0.15) is 0 Å². The molecular weight excluding hydrogens is 265 g/mol. The second kappa shape index (κ2) is 5.21. The second-order valence-electron chi connectivity index (χ2n) is 2.66. The third-order valence-corrected chi connectivity index (χ3v) is 2.04. The summed E-state index contributed by atoms with van der Waals surface area (Å²) in [5.74, 6) is 0. The molecule has 0 saturated heterocycles. The van der Waals surface area contributed by atoms with Crippen molar-refractivity contribution in [3.8, 4) is 0 Å². The first-order valence-electron chi connectivity index (χ1n) is 3.92. The van der Waals surface area contributed by atoms with Crippen LogP contribution in [-0.2, 0) is 9.22 Å². The van der Waals surface area contributed by atoms with E-state index in [4.69, 9.17) is 5.73 Å². The first-order valence-corrected chi connectivity index (χ1v) is 4.67. The zero-order valence-corrected chi connectivity index (χ0v) is 8.75. The Balaban J connectivity index is 2.67. The fourth-order valence-electron chi connectivity index (χ4n) is 0.828. The Morgan fingerprint density at radius 2 is 2.06 bits per heavy atom. The summed E-state index contributed by atoms with van der Waals surface area (Å²) in [5.41, 5.74) is 4.76. The lowest BCUT2D eigenvalue weighted by molar-refractivity contribution is -0.440. The summed E-state index contributed by atoms with van der Waals surface area (Å²) in [5, 5.41) is 10.5. The van der Waals surface area contributed by atoms with E-state index in [-0.39, 0.29) is 22.6 Å². The number of nitro benzene ring substituents is 1. The zero-order valence-electron chi connectivity index (χ0n) is 7.93. The smallest absolute Gasteiger partial charge is 0.393 e. The Bertz CT molecular complexity index is 426. The van der Waals surface area contributed by atoms with E-state index in [1.807, 2.05) is 0 Å². The van der Waals surface area contributed by atoms with Gasteiger partial charge in [-0.1, -0.05) is 0 Å². The maximum Gasteiger partial charge on any atom is 0.550 e. The van der Waals surface area contributed by atoms with E-state index in [2.05, 4.69) is 9.22 Å². The number of rotatable bonds is 4. The Morgan fingerprint density at radius 3 is 2.59 bits per heavy atom. The first-order chi connectivity index (χ1) is 7.79. The lowest BCUT2D eigenvalue weighted by Gasteiger charge is -2.05. The van der Waals surface area contributed by atoms with Crippen molar-refractivity contribution in [2.45, 2.75) is 11.3 Å². The van der Waals surface area contributed by atoms with Gasteiger partial charge in [0.2, 0.25) is 0 Å². The van der Waals surface area contributed by atoms with Crippen molar-refractivity contribution >= 4 is 23.4 Å². The maximum absolute atomic E-state index is 11.5. The molecule has 94 valence electrons. The number of anilines is 1. The van der Waals surface area contributed by atoms with Gasteiger partial charge in [-0.05, 0) is 12.1 Å². The summed E-state index contributed by atoms with van der Waals surface area (Å²) < 4.78 is 38.4. The molecule has 1 aromatic carbocycles. The number of nitrogens with two attached hydrogens (primary N) is 1. The Morgan fingerprint density at radius 1 is 1.41 bits per heavy atom. The van der Waals surface area contributed by atoms with Crippen LogP contribution in [-0.4, -0.2) is 11.3 Å². The van der Waals surface area contributed by atoms with E-state index in [1.54, 1.807) is 0 Å². The van der Waals surface area contributed by atoms with Crippen molar-refractivity contribution in [2.75, 3.05) is 5.73 Å². The Labute approximate surface area is 96.8 Å². The normalized spacial score (nSPS) is 11.5. The van der Waals surface area contributed by atoms with Gasteiger partial charge in [0, 0.05) is 11.0 Å². The minimum absolute atomic E-state index is 0.0511. The summed E-state index contributed by atoms with van der Waals surface area (Å²) >= 11 is 0.185.